The lowest BCUT2D eigenvalue weighted by Crippen LogP contribution is -2.25. The van der Waals surface area contributed by atoms with Gasteiger partial charge in [-0.25, -0.2) is 0 Å². The molecule has 1 unspecified atom stereocenters. The molecule has 3 heteroatoms. The number of benzene rings is 1. The minimum atomic E-state index is 0.500. The molecule has 1 aliphatic rings. The molecule has 1 aromatic rings. The number of ether oxygens (including phenoxy) is 2. The molecule has 2 rings (SSSR count). The molecule has 0 bridgehead atoms. The number of nitrogens with one attached hydrogen (secondary N) is 1. The van der Waals surface area contributed by atoms with Crippen molar-refractivity contribution in [2.45, 2.75) is 19.3 Å². The first-order chi connectivity index (χ1) is 9.33. The molecule has 1 saturated carbocycles. The molecule has 106 valence electrons. The van der Waals surface area contributed by atoms with E-state index in [0.717, 1.165) is 37.8 Å². The Kier molecular flexibility index (Phi) is 5.67. The van der Waals surface area contributed by atoms with Gasteiger partial charge in [0.25, 0.3) is 0 Å². The fourth-order valence-electron chi connectivity index (χ4n) is 2.35. The lowest BCUT2D eigenvalue weighted by Gasteiger charge is -2.18. The number of rotatable bonds is 9. The summed E-state index contributed by atoms with van der Waals surface area (Å²) in [6.07, 6.45) is 3.70. The van der Waals surface area contributed by atoms with Crippen molar-refractivity contribution in [3.05, 3.63) is 29.8 Å². The number of hydrogen-bond acceptors (Lipinski definition) is 3. The van der Waals surface area contributed by atoms with E-state index in [-0.39, 0.29) is 0 Å². The van der Waals surface area contributed by atoms with Crippen molar-refractivity contribution in [3.8, 4) is 5.75 Å². The van der Waals surface area contributed by atoms with Crippen molar-refractivity contribution < 1.29 is 9.47 Å². The third-order valence-electron chi connectivity index (χ3n) is 3.60. The molecule has 0 spiro atoms. The standard InChI is InChI=1S/C16H25NO2/c1-17-10-14(12-19-11-13-7-8-13)9-15-5-3-4-6-16(15)18-2/h3-6,13-14,17H,7-12H2,1-2H3. The molecule has 1 N–H and O–H groups in total. The van der Waals surface area contributed by atoms with Crippen LogP contribution in [0.2, 0.25) is 0 Å². The van der Waals surface area contributed by atoms with Crippen LogP contribution in [0.3, 0.4) is 0 Å². The van der Waals surface area contributed by atoms with Gasteiger partial charge in [-0.3, -0.25) is 0 Å². The Balaban J connectivity index is 1.86. The Morgan fingerprint density at radius 3 is 2.79 bits per heavy atom. The largest absolute Gasteiger partial charge is 0.496 e. The Morgan fingerprint density at radius 1 is 1.32 bits per heavy atom. The van der Waals surface area contributed by atoms with Gasteiger partial charge in [0.1, 0.15) is 5.75 Å². The van der Waals surface area contributed by atoms with Crippen molar-refractivity contribution in [2.75, 3.05) is 33.9 Å². The molecule has 1 aliphatic carbocycles. The van der Waals surface area contributed by atoms with Gasteiger partial charge in [0.05, 0.1) is 13.7 Å². The van der Waals surface area contributed by atoms with E-state index in [4.69, 9.17) is 9.47 Å². The van der Waals surface area contributed by atoms with Crippen LogP contribution >= 0.6 is 0 Å². The van der Waals surface area contributed by atoms with Gasteiger partial charge in [0, 0.05) is 13.2 Å². The van der Waals surface area contributed by atoms with Crippen LogP contribution in [0.5, 0.6) is 5.75 Å². The van der Waals surface area contributed by atoms with Crippen molar-refractivity contribution in [1.29, 1.82) is 0 Å². The quantitative estimate of drug-likeness (QED) is 0.742. The van der Waals surface area contributed by atoms with E-state index in [0.29, 0.717) is 5.92 Å². The highest BCUT2D eigenvalue weighted by molar-refractivity contribution is 5.33. The summed E-state index contributed by atoms with van der Waals surface area (Å²) in [6, 6.07) is 8.25. The minimum Gasteiger partial charge on any atom is -0.496 e. The van der Waals surface area contributed by atoms with Gasteiger partial charge in [-0.1, -0.05) is 18.2 Å². The zero-order chi connectivity index (χ0) is 13.5. The molecule has 0 aliphatic heterocycles. The summed E-state index contributed by atoms with van der Waals surface area (Å²) in [5.41, 5.74) is 1.26. The number of methoxy groups -OCH3 is 1. The summed E-state index contributed by atoms with van der Waals surface area (Å²) < 4.78 is 11.3. The second-order valence-corrected chi connectivity index (χ2v) is 5.42. The second-order valence-electron chi connectivity index (χ2n) is 5.42. The van der Waals surface area contributed by atoms with Crippen LogP contribution in [0.4, 0.5) is 0 Å². The van der Waals surface area contributed by atoms with E-state index in [1.807, 2.05) is 19.2 Å². The summed E-state index contributed by atoms with van der Waals surface area (Å²) in [6.45, 7) is 2.74. The fraction of sp³-hybridized carbons (Fsp3) is 0.625. The molecule has 0 radical (unpaired) electrons. The van der Waals surface area contributed by atoms with Gasteiger partial charge < -0.3 is 14.8 Å². The summed E-state index contributed by atoms with van der Waals surface area (Å²) in [5.74, 6) is 2.31. The average Bonchev–Trinajstić information content (AvgIpc) is 3.24. The van der Waals surface area contributed by atoms with Crippen LogP contribution in [-0.2, 0) is 11.2 Å². The maximum Gasteiger partial charge on any atom is 0.122 e. The average molecular weight is 263 g/mol. The molecule has 1 fully saturated rings. The summed E-state index contributed by atoms with van der Waals surface area (Å²) >= 11 is 0. The molecule has 3 nitrogen and oxygen atoms in total. The highest BCUT2D eigenvalue weighted by Gasteiger charge is 2.22. The van der Waals surface area contributed by atoms with E-state index < -0.39 is 0 Å². The highest BCUT2D eigenvalue weighted by Crippen LogP contribution is 2.29. The normalized spacial score (nSPS) is 16.3. The third kappa shape index (κ3) is 4.84. The van der Waals surface area contributed by atoms with Crippen LogP contribution in [0, 0.1) is 11.8 Å². The van der Waals surface area contributed by atoms with Crippen molar-refractivity contribution in [3.63, 3.8) is 0 Å². The predicted molar refractivity (Wildman–Crippen MR) is 77.7 cm³/mol. The highest BCUT2D eigenvalue weighted by atomic mass is 16.5. The lowest BCUT2D eigenvalue weighted by molar-refractivity contribution is 0.0911. The zero-order valence-corrected chi connectivity index (χ0v) is 12.0. The Labute approximate surface area is 116 Å². The summed E-state index contributed by atoms with van der Waals surface area (Å²) in [5, 5.41) is 3.26. The molecule has 0 amide bonds. The molecule has 19 heavy (non-hydrogen) atoms. The number of hydrogen-bond donors (Lipinski definition) is 1. The monoisotopic (exact) mass is 263 g/mol. The first-order valence-electron chi connectivity index (χ1n) is 7.17. The molecule has 0 aromatic heterocycles. The Hall–Kier alpha value is -1.06. The SMILES string of the molecule is CNCC(COCC1CC1)Cc1ccccc1OC. The second kappa shape index (κ2) is 7.51. The van der Waals surface area contributed by atoms with Gasteiger partial charge in [0.15, 0.2) is 0 Å². The predicted octanol–water partition coefficient (Wildman–Crippen LogP) is 2.50. The maximum absolute atomic E-state index is 5.84. The third-order valence-corrected chi connectivity index (χ3v) is 3.60. The maximum atomic E-state index is 5.84. The lowest BCUT2D eigenvalue weighted by atomic mass is 9.99. The zero-order valence-electron chi connectivity index (χ0n) is 12.0. The van der Waals surface area contributed by atoms with E-state index >= 15 is 0 Å². The Morgan fingerprint density at radius 2 is 2.11 bits per heavy atom. The van der Waals surface area contributed by atoms with Gasteiger partial charge in [-0.05, 0) is 49.8 Å². The molecular formula is C16H25NO2. The fourth-order valence-corrected chi connectivity index (χ4v) is 2.35. The van der Waals surface area contributed by atoms with Gasteiger partial charge in [0.2, 0.25) is 0 Å². The first-order valence-corrected chi connectivity index (χ1v) is 7.17. The molecule has 0 heterocycles. The summed E-state index contributed by atoms with van der Waals surface area (Å²) in [7, 11) is 3.73. The van der Waals surface area contributed by atoms with E-state index in [1.165, 1.54) is 18.4 Å². The van der Waals surface area contributed by atoms with Crippen molar-refractivity contribution >= 4 is 0 Å². The van der Waals surface area contributed by atoms with Crippen molar-refractivity contribution in [1.82, 2.24) is 5.32 Å². The minimum absolute atomic E-state index is 0.500. The summed E-state index contributed by atoms with van der Waals surface area (Å²) in [4.78, 5) is 0. The Bertz CT molecular complexity index is 377. The topological polar surface area (TPSA) is 30.5 Å². The van der Waals surface area contributed by atoms with Crippen LogP contribution in [0.15, 0.2) is 24.3 Å². The molecule has 1 aromatic carbocycles. The smallest absolute Gasteiger partial charge is 0.122 e. The van der Waals surface area contributed by atoms with Gasteiger partial charge in [-0.2, -0.15) is 0 Å². The van der Waals surface area contributed by atoms with E-state index in [9.17, 15) is 0 Å². The van der Waals surface area contributed by atoms with Crippen LogP contribution < -0.4 is 10.1 Å². The van der Waals surface area contributed by atoms with Gasteiger partial charge in [-0.15, -0.1) is 0 Å². The van der Waals surface area contributed by atoms with E-state index in [2.05, 4.69) is 17.4 Å². The van der Waals surface area contributed by atoms with E-state index in [1.54, 1.807) is 7.11 Å². The molecule has 1 atom stereocenters. The first kappa shape index (κ1) is 14.4. The van der Waals surface area contributed by atoms with Crippen LogP contribution in [-0.4, -0.2) is 33.9 Å². The van der Waals surface area contributed by atoms with Gasteiger partial charge >= 0.3 is 0 Å². The number of para-hydroxylation sites is 1. The molecular weight excluding hydrogens is 238 g/mol. The molecule has 0 saturated heterocycles. The van der Waals surface area contributed by atoms with Crippen LogP contribution in [0.25, 0.3) is 0 Å². The van der Waals surface area contributed by atoms with Crippen LogP contribution in [0.1, 0.15) is 18.4 Å². The van der Waals surface area contributed by atoms with Crippen molar-refractivity contribution in [2.24, 2.45) is 11.8 Å².